The number of anilines is 1. The van der Waals surface area contributed by atoms with Crippen LogP contribution in [0.4, 0.5) is 5.69 Å². The van der Waals surface area contributed by atoms with Gasteiger partial charge >= 0.3 is 0 Å². The second-order valence-electron chi connectivity index (χ2n) is 2.93. The quantitative estimate of drug-likeness (QED) is 0.674. The van der Waals surface area contributed by atoms with E-state index in [0.29, 0.717) is 16.8 Å². The van der Waals surface area contributed by atoms with Crippen LogP contribution >= 0.6 is 0 Å². The second-order valence-corrected chi connectivity index (χ2v) is 2.93. The van der Waals surface area contributed by atoms with Gasteiger partial charge in [0.2, 0.25) is 0 Å². The van der Waals surface area contributed by atoms with E-state index in [1.807, 2.05) is 12.1 Å². The van der Waals surface area contributed by atoms with E-state index in [0.717, 1.165) is 0 Å². The number of hydrogen-bond acceptors (Lipinski definition) is 4. The van der Waals surface area contributed by atoms with Crippen LogP contribution in [-0.2, 0) is 0 Å². The van der Waals surface area contributed by atoms with E-state index in [9.17, 15) is 0 Å². The number of hydrogen-bond donors (Lipinski definition) is 2. The number of nitrogen functional groups attached to an aromatic ring is 1. The molecule has 1 atom stereocenters. The molecule has 0 spiro atoms. The molecule has 0 bridgehead atoms. The fourth-order valence-electron chi connectivity index (χ4n) is 1.20. The van der Waals surface area contributed by atoms with Gasteiger partial charge in [0.25, 0.3) is 0 Å². The lowest BCUT2D eigenvalue weighted by Crippen LogP contribution is -2.11. The van der Waals surface area contributed by atoms with Crippen molar-refractivity contribution in [1.82, 2.24) is 0 Å². The number of rotatable bonds is 2. The van der Waals surface area contributed by atoms with Crippen molar-refractivity contribution in [2.45, 2.75) is 12.5 Å². The minimum absolute atomic E-state index is 0.193. The predicted octanol–water partition coefficient (Wildman–Crippen LogP) is 1.05. The van der Waals surface area contributed by atoms with E-state index in [4.69, 9.17) is 22.0 Å². The maximum atomic E-state index is 8.82. The summed E-state index contributed by atoms with van der Waals surface area (Å²) >= 11 is 0. The van der Waals surface area contributed by atoms with Gasteiger partial charge in [-0.1, -0.05) is 6.07 Å². The van der Waals surface area contributed by atoms with E-state index in [1.54, 1.807) is 18.2 Å². The molecule has 0 heterocycles. The molecule has 1 rings (SSSR count). The third-order valence-corrected chi connectivity index (χ3v) is 1.91. The van der Waals surface area contributed by atoms with Crippen LogP contribution in [0.25, 0.3) is 0 Å². The Morgan fingerprint density at radius 3 is 2.64 bits per heavy atom. The molecule has 4 nitrogen and oxygen atoms in total. The highest BCUT2D eigenvalue weighted by atomic mass is 14.6. The van der Waals surface area contributed by atoms with Gasteiger partial charge in [-0.2, -0.15) is 10.5 Å². The van der Waals surface area contributed by atoms with Crippen molar-refractivity contribution in [1.29, 1.82) is 10.5 Å². The van der Waals surface area contributed by atoms with Gasteiger partial charge in [0.15, 0.2) is 0 Å². The number of benzene rings is 1. The second kappa shape index (κ2) is 4.27. The smallest absolute Gasteiger partial charge is 0.0995 e. The van der Waals surface area contributed by atoms with Gasteiger partial charge in [0, 0.05) is 11.7 Å². The topological polar surface area (TPSA) is 99.6 Å². The van der Waals surface area contributed by atoms with Crippen molar-refractivity contribution >= 4 is 5.69 Å². The molecule has 0 aromatic heterocycles. The standard InChI is InChI=1S/C10H10N4/c11-4-3-10(14)9-2-1-8(13)5-7(9)6-12/h1-2,5,10H,3,13-14H2. The molecule has 1 aromatic rings. The Morgan fingerprint density at radius 2 is 2.07 bits per heavy atom. The molecule has 4 N–H and O–H groups in total. The van der Waals surface area contributed by atoms with E-state index in [1.165, 1.54) is 0 Å². The molecule has 0 fully saturated rings. The average molecular weight is 186 g/mol. The fourth-order valence-corrected chi connectivity index (χ4v) is 1.20. The summed E-state index contributed by atoms with van der Waals surface area (Å²) in [5, 5.41) is 17.3. The first-order valence-corrected chi connectivity index (χ1v) is 4.11. The maximum Gasteiger partial charge on any atom is 0.0995 e. The Kier molecular flexibility index (Phi) is 3.06. The highest BCUT2D eigenvalue weighted by Crippen LogP contribution is 2.20. The summed E-state index contributed by atoms with van der Waals surface area (Å²) in [7, 11) is 0. The Balaban J connectivity index is 3.10. The molecular weight excluding hydrogens is 176 g/mol. The van der Waals surface area contributed by atoms with Gasteiger partial charge in [-0.25, -0.2) is 0 Å². The van der Waals surface area contributed by atoms with Crippen LogP contribution in [0.5, 0.6) is 0 Å². The molecule has 0 amide bonds. The minimum atomic E-state index is -0.421. The number of nitrogens with two attached hydrogens (primary N) is 2. The van der Waals surface area contributed by atoms with Crippen molar-refractivity contribution in [2.24, 2.45) is 5.73 Å². The molecule has 14 heavy (non-hydrogen) atoms. The first-order valence-electron chi connectivity index (χ1n) is 4.11. The van der Waals surface area contributed by atoms with Crippen molar-refractivity contribution in [3.8, 4) is 12.1 Å². The normalized spacial score (nSPS) is 11.4. The van der Waals surface area contributed by atoms with E-state index in [2.05, 4.69) is 0 Å². The van der Waals surface area contributed by atoms with Crippen molar-refractivity contribution in [3.63, 3.8) is 0 Å². The van der Waals surface area contributed by atoms with Gasteiger partial charge < -0.3 is 11.5 Å². The van der Waals surface area contributed by atoms with Crippen LogP contribution in [0.3, 0.4) is 0 Å². The summed E-state index contributed by atoms with van der Waals surface area (Å²) in [6.45, 7) is 0. The Morgan fingerprint density at radius 1 is 1.36 bits per heavy atom. The Bertz CT molecular complexity index is 411. The first kappa shape index (κ1) is 10.0. The average Bonchev–Trinajstić information content (AvgIpc) is 2.17. The molecule has 0 aliphatic heterocycles. The highest BCUT2D eigenvalue weighted by molar-refractivity contribution is 5.50. The van der Waals surface area contributed by atoms with Crippen molar-refractivity contribution < 1.29 is 0 Å². The summed E-state index contributed by atoms with van der Waals surface area (Å²) in [5.74, 6) is 0. The lowest BCUT2D eigenvalue weighted by Gasteiger charge is -2.09. The van der Waals surface area contributed by atoms with E-state index < -0.39 is 6.04 Å². The molecule has 4 heteroatoms. The summed E-state index contributed by atoms with van der Waals surface area (Å²) in [6.07, 6.45) is 0.193. The molecule has 0 saturated heterocycles. The lowest BCUT2D eigenvalue weighted by atomic mass is 9.99. The lowest BCUT2D eigenvalue weighted by molar-refractivity contribution is 0.746. The molecule has 1 aromatic carbocycles. The Hall–Kier alpha value is -2.04. The van der Waals surface area contributed by atoms with Crippen LogP contribution in [0.2, 0.25) is 0 Å². The fraction of sp³-hybridized carbons (Fsp3) is 0.200. The molecular formula is C10H10N4. The molecule has 0 saturated carbocycles. The predicted molar refractivity (Wildman–Crippen MR) is 52.7 cm³/mol. The number of nitrogens with zero attached hydrogens (tertiary/aromatic N) is 2. The summed E-state index contributed by atoms with van der Waals surface area (Å²) in [6, 6.07) is 8.48. The maximum absolute atomic E-state index is 8.82. The van der Waals surface area contributed by atoms with Crippen molar-refractivity contribution in [2.75, 3.05) is 5.73 Å². The van der Waals surface area contributed by atoms with Crippen LogP contribution < -0.4 is 11.5 Å². The first-order chi connectivity index (χ1) is 6.69. The highest BCUT2D eigenvalue weighted by Gasteiger charge is 2.10. The summed E-state index contributed by atoms with van der Waals surface area (Å²) < 4.78 is 0. The van der Waals surface area contributed by atoms with Gasteiger partial charge in [-0.3, -0.25) is 0 Å². The molecule has 1 unspecified atom stereocenters. The largest absolute Gasteiger partial charge is 0.399 e. The zero-order valence-corrected chi connectivity index (χ0v) is 7.57. The van der Waals surface area contributed by atoms with E-state index >= 15 is 0 Å². The van der Waals surface area contributed by atoms with Crippen LogP contribution in [-0.4, -0.2) is 0 Å². The third kappa shape index (κ3) is 2.01. The van der Waals surface area contributed by atoms with Gasteiger partial charge in [-0.05, 0) is 17.7 Å². The van der Waals surface area contributed by atoms with Crippen LogP contribution in [0.1, 0.15) is 23.6 Å². The summed E-state index contributed by atoms with van der Waals surface area (Å²) in [4.78, 5) is 0. The molecule has 0 aliphatic carbocycles. The van der Waals surface area contributed by atoms with Crippen LogP contribution in [0, 0.1) is 22.7 Å². The minimum Gasteiger partial charge on any atom is -0.399 e. The summed E-state index contributed by atoms with van der Waals surface area (Å²) in [5.41, 5.74) is 12.9. The van der Waals surface area contributed by atoms with Gasteiger partial charge in [-0.15, -0.1) is 0 Å². The monoisotopic (exact) mass is 186 g/mol. The Labute approximate surface area is 82.4 Å². The van der Waals surface area contributed by atoms with Crippen LogP contribution in [0.15, 0.2) is 18.2 Å². The molecule has 0 aliphatic rings. The van der Waals surface area contributed by atoms with Crippen molar-refractivity contribution in [3.05, 3.63) is 29.3 Å². The zero-order valence-electron chi connectivity index (χ0n) is 7.57. The van der Waals surface area contributed by atoms with Gasteiger partial charge in [0.05, 0.1) is 24.1 Å². The van der Waals surface area contributed by atoms with E-state index in [-0.39, 0.29) is 6.42 Å². The SMILES string of the molecule is N#CCC(N)c1ccc(N)cc1C#N. The zero-order chi connectivity index (χ0) is 10.6. The van der Waals surface area contributed by atoms with Gasteiger partial charge in [0.1, 0.15) is 0 Å². The molecule has 70 valence electrons. The third-order valence-electron chi connectivity index (χ3n) is 1.91. The number of nitriles is 2. The molecule has 0 radical (unpaired) electrons.